The van der Waals surface area contributed by atoms with Crippen LogP contribution in [0, 0.1) is 11.8 Å². The van der Waals surface area contributed by atoms with E-state index in [0.717, 1.165) is 51.7 Å². The molecule has 0 bridgehead atoms. The van der Waals surface area contributed by atoms with Crippen molar-refractivity contribution in [1.29, 1.82) is 0 Å². The van der Waals surface area contributed by atoms with Crippen molar-refractivity contribution in [2.24, 2.45) is 17.6 Å². The summed E-state index contributed by atoms with van der Waals surface area (Å²) in [5.74, 6) is 0.970. The maximum absolute atomic E-state index is 13.0. The Balaban J connectivity index is 1.08. The van der Waals surface area contributed by atoms with Crippen molar-refractivity contribution < 1.29 is 29.5 Å². The summed E-state index contributed by atoms with van der Waals surface area (Å²) in [5, 5.41) is 11.2. The van der Waals surface area contributed by atoms with Crippen LogP contribution >= 0.6 is 0 Å². The number of fused-ring (bicyclic) bond motifs is 1. The minimum atomic E-state index is -0.506. The summed E-state index contributed by atoms with van der Waals surface area (Å²) in [6.45, 7) is 4.06. The molecule has 40 heavy (non-hydrogen) atoms. The van der Waals surface area contributed by atoms with E-state index in [9.17, 15) is 9.59 Å². The number of nitrogens with one attached hydrogen (secondary N) is 3. The van der Waals surface area contributed by atoms with Crippen LogP contribution in [-0.2, 0) is 23.8 Å². The number of amides is 1. The van der Waals surface area contributed by atoms with Gasteiger partial charge in [-0.2, -0.15) is 0 Å². The molecule has 224 valence electrons. The Hall–Kier alpha value is -1.76. The number of hydrogen-bond acceptors (Lipinski definition) is 9. The molecule has 4 aliphatic heterocycles. The van der Waals surface area contributed by atoms with E-state index in [4.69, 9.17) is 19.9 Å². The molecule has 0 radical (unpaired) electrons. The molecule has 0 aromatic carbocycles. The minimum Gasteiger partial charge on any atom is -0.472 e. The largest absolute Gasteiger partial charge is 0.472 e. The molecule has 8 unspecified atom stereocenters. The predicted molar refractivity (Wildman–Crippen MR) is 148 cm³/mol. The van der Waals surface area contributed by atoms with Gasteiger partial charge in [0.25, 0.3) is 0 Å². The lowest BCUT2D eigenvalue weighted by molar-refractivity contribution is -0.431. The van der Waals surface area contributed by atoms with Gasteiger partial charge in [0.2, 0.25) is 5.91 Å². The van der Waals surface area contributed by atoms with Crippen molar-refractivity contribution in [3.8, 4) is 0 Å². The average Bonchev–Trinajstić information content (AvgIpc) is 3.40. The van der Waals surface area contributed by atoms with Crippen LogP contribution in [-0.4, -0.2) is 105 Å². The Morgan fingerprint density at radius 1 is 1.02 bits per heavy atom. The first-order valence-electron chi connectivity index (χ1n) is 15.7. The molecule has 6 rings (SSSR count). The molecule has 6 aliphatic rings. The van der Waals surface area contributed by atoms with Gasteiger partial charge in [-0.05, 0) is 44.4 Å². The molecule has 11 heteroatoms. The van der Waals surface area contributed by atoms with Gasteiger partial charge in [0.1, 0.15) is 12.1 Å². The highest BCUT2D eigenvalue weighted by molar-refractivity contribution is 5.95. The van der Waals surface area contributed by atoms with Crippen LogP contribution in [0.5, 0.6) is 0 Å². The second kappa shape index (κ2) is 12.6. The van der Waals surface area contributed by atoms with E-state index in [1.807, 2.05) is 0 Å². The number of nitrogens with two attached hydrogens (primary N) is 1. The number of hydrogen-bond donors (Lipinski definition) is 5. The minimum absolute atomic E-state index is 0.0179. The van der Waals surface area contributed by atoms with E-state index in [0.29, 0.717) is 43.7 Å². The first kappa shape index (κ1) is 28.4. The first-order chi connectivity index (χ1) is 19.5. The van der Waals surface area contributed by atoms with Gasteiger partial charge < -0.3 is 46.5 Å². The number of morpholine rings is 1. The summed E-state index contributed by atoms with van der Waals surface area (Å²) >= 11 is 0. The number of carbonyl (C=O) groups excluding carboxylic acids is 2. The number of ketones is 1. The number of nitrogens with zero attached hydrogens (tertiary/aromatic N) is 1. The van der Waals surface area contributed by atoms with Crippen molar-refractivity contribution >= 4 is 11.7 Å². The zero-order valence-corrected chi connectivity index (χ0v) is 23.7. The molecule has 2 aliphatic carbocycles. The van der Waals surface area contributed by atoms with E-state index in [-0.39, 0.29) is 47.9 Å². The molecule has 8 N–H and O–H groups in total. The molecule has 0 aromatic heterocycles. The molecule has 0 aromatic rings. The lowest BCUT2D eigenvalue weighted by Crippen LogP contribution is -2.72. The second-order valence-electron chi connectivity index (χ2n) is 12.9. The third-order valence-corrected chi connectivity index (χ3v) is 10.3. The lowest BCUT2D eigenvalue weighted by atomic mass is 9.75. The summed E-state index contributed by atoms with van der Waals surface area (Å²) in [6.07, 6.45) is 10.9. The Morgan fingerprint density at radius 3 is 2.62 bits per heavy atom. The van der Waals surface area contributed by atoms with Crippen LogP contribution in [0.15, 0.2) is 12.0 Å². The van der Waals surface area contributed by atoms with Crippen LogP contribution in [0.4, 0.5) is 0 Å². The summed E-state index contributed by atoms with van der Waals surface area (Å²) in [4.78, 5) is 27.5. The van der Waals surface area contributed by atoms with Gasteiger partial charge in [-0.1, -0.05) is 12.8 Å². The van der Waals surface area contributed by atoms with Gasteiger partial charge in [0.05, 0.1) is 31.9 Å². The van der Waals surface area contributed by atoms with Crippen molar-refractivity contribution in [3.05, 3.63) is 12.0 Å². The fourth-order valence-electron chi connectivity index (χ4n) is 8.08. The van der Waals surface area contributed by atoms with Crippen molar-refractivity contribution in [2.75, 3.05) is 39.5 Å². The maximum atomic E-state index is 13.0. The third kappa shape index (κ3) is 6.19. The number of piperidine rings is 1. The predicted octanol–water partition coefficient (Wildman–Crippen LogP) is -0.982. The second-order valence-corrected chi connectivity index (χ2v) is 12.9. The molecule has 10 atom stereocenters. The quantitative estimate of drug-likeness (QED) is 0.264. The van der Waals surface area contributed by atoms with Crippen molar-refractivity contribution in [2.45, 2.75) is 106 Å². The van der Waals surface area contributed by atoms with E-state index in [2.05, 4.69) is 26.6 Å². The highest BCUT2D eigenvalue weighted by atomic mass is 16.6. The Morgan fingerprint density at radius 2 is 1.82 bits per heavy atom. The molecule has 2 saturated carbocycles. The highest BCUT2D eigenvalue weighted by Crippen LogP contribution is 2.41. The fourth-order valence-corrected chi connectivity index (χ4v) is 8.08. The zero-order chi connectivity index (χ0) is 27.6. The average molecular weight is 562 g/mol. The van der Waals surface area contributed by atoms with Crippen LogP contribution in [0.1, 0.15) is 57.8 Å². The number of primary amides is 1. The van der Waals surface area contributed by atoms with Gasteiger partial charge >= 0.3 is 0 Å². The Kier molecular flexibility index (Phi) is 8.95. The van der Waals surface area contributed by atoms with E-state index >= 15 is 0 Å². The molecule has 1 amide bonds. The third-order valence-electron chi connectivity index (χ3n) is 10.3. The summed E-state index contributed by atoms with van der Waals surface area (Å²) in [7, 11) is 0. The molecule has 0 spiro atoms. The highest BCUT2D eigenvalue weighted by Gasteiger charge is 2.50. The lowest BCUT2D eigenvalue weighted by Gasteiger charge is -2.43. The van der Waals surface area contributed by atoms with Gasteiger partial charge in [0, 0.05) is 56.2 Å². The summed E-state index contributed by atoms with van der Waals surface area (Å²) in [5.41, 5.74) is 10.2. The van der Waals surface area contributed by atoms with Crippen LogP contribution in [0.25, 0.3) is 0 Å². The van der Waals surface area contributed by atoms with E-state index in [1.165, 1.54) is 25.7 Å². The molecule has 3 saturated heterocycles. The van der Waals surface area contributed by atoms with Gasteiger partial charge in [0.15, 0.2) is 17.8 Å². The van der Waals surface area contributed by atoms with Crippen LogP contribution in [0.3, 0.4) is 0 Å². The number of ether oxygens (including phenoxy) is 3. The number of quaternary nitrogens is 1. The zero-order valence-electron chi connectivity index (χ0n) is 23.7. The summed E-state index contributed by atoms with van der Waals surface area (Å²) in [6, 6.07) is 1.06. The number of carbonyl (C=O) groups is 2. The topological polar surface area (TPSA) is 155 Å². The van der Waals surface area contributed by atoms with Crippen molar-refractivity contribution in [1.82, 2.24) is 20.9 Å². The van der Waals surface area contributed by atoms with Crippen LogP contribution in [0.2, 0.25) is 0 Å². The smallest absolute Gasteiger partial charge is 0.236 e. The van der Waals surface area contributed by atoms with Crippen molar-refractivity contribution in [3.63, 3.8) is 0 Å². The Bertz CT molecular complexity index is 944. The molecular formula is C29H49N6O5+. The first-order valence-corrected chi connectivity index (χ1v) is 15.7. The number of rotatable bonds is 7. The maximum Gasteiger partial charge on any atom is 0.236 e. The molecule has 4 heterocycles. The molecule has 11 nitrogen and oxygen atoms in total. The van der Waals surface area contributed by atoms with Gasteiger partial charge in [-0.3, -0.25) is 9.59 Å². The molecule has 5 fully saturated rings. The summed E-state index contributed by atoms with van der Waals surface area (Å²) < 4.78 is 18.0. The standard InChI is InChI=1S/C29H48N6O5/c30-21-6-1-2-7-22(21)34-19-13-23(26(29(31)37)32-15-19)33-18-5-3-4-17(12-18)20-16-39-28-24(36)14-25(40-27(20)28)35-8-10-38-11-9-35/h14,17-23,26-28,32-34H,1-13,15-16,30H2,(H2,31,37)/p+1/t17?,18?,19?,20?,21-,22+,23?,26?,27?,28?/m1/s1. The fraction of sp³-hybridized carbons (Fsp3) is 0.862. The van der Waals surface area contributed by atoms with E-state index in [1.54, 1.807) is 6.08 Å². The van der Waals surface area contributed by atoms with Gasteiger partial charge in [-0.25, -0.2) is 0 Å². The van der Waals surface area contributed by atoms with E-state index < -0.39 is 6.10 Å². The van der Waals surface area contributed by atoms with Gasteiger partial charge in [-0.15, -0.1) is 0 Å². The SMILES string of the molecule is NC(=O)C1NCC(N[C@H]2CCCC[C@H]2[NH3+])CC1NC1CCCC(C2COC3C(=O)C=C(N4CCOCC4)OC32)C1. The Labute approximate surface area is 237 Å². The monoisotopic (exact) mass is 561 g/mol. The van der Waals surface area contributed by atoms with Crippen LogP contribution < -0.4 is 27.4 Å². The molecular weight excluding hydrogens is 512 g/mol. The normalized spacial score (nSPS) is 42.6.